The second-order valence-corrected chi connectivity index (χ2v) is 10.7. The number of carbonyl (C=O) groups is 1. The van der Waals surface area contributed by atoms with E-state index in [1.165, 1.54) is 74.8 Å². The number of aryl methyl sites for hydroxylation is 1. The van der Waals surface area contributed by atoms with Crippen molar-refractivity contribution in [1.29, 1.82) is 0 Å². The smallest absolute Gasteiger partial charge is 0.344 e. The van der Waals surface area contributed by atoms with E-state index in [1.807, 2.05) is 0 Å². The molecule has 8 nitrogen and oxygen atoms in total. The molecule has 0 saturated carbocycles. The van der Waals surface area contributed by atoms with Crippen molar-refractivity contribution < 1.29 is 14.3 Å². The maximum Gasteiger partial charge on any atom is 0.344 e. The molecule has 0 aliphatic carbocycles. The minimum Gasteiger partial charge on any atom is -0.481 e. The number of thioether (sulfide) groups is 1. The fourth-order valence-electron chi connectivity index (χ4n) is 4.56. The van der Waals surface area contributed by atoms with E-state index in [4.69, 9.17) is 4.98 Å². The standard InChI is InChI=1S/C29H37FN4O4S/c1-2-3-4-5-6-7-8-9-10-11-24-26(23(16-25(35)36)21-17-31-28(38)32-18-21)27(37)34-29(33-24)39-19-20-12-14-22(30)15-13-20/h12-15,17-18,23H,2-11,16,19H2,1H3,(H,35,36)(H,31,32,38)(H,33,34,37). The predicted molar refractivity (Wildman–Crippen MR) is 151 cm³/mol. The van der Waals surface area contributed by atoms with Crippen molar-refractivity contribution in [2.45, 2.75) is 94.4 Å². The molecule has 2 aromatic heterocycles. The van der Waals surface area contributed by atoms with Crippen LogP contribution in [0.4, 0.5) is 4.39 Å². The minimum absolute atomic E-state index is 0.289. The van der Waals surface area contributed by atoms with Crippen molar-refractivity contribution >= 4 is 17.7 Å². The summed E-state index contributed by atoms with van der Waals surface area (Å²) in [5.41, 5.74) is 1.20. The second kappa shape index (κ2) is 16.0. The second-order valence-electron chi connectivity index (χ2n) is 9.73. The Balaban J connectivity index is 1.81. The molecule has 0 amide bonds. The summed E-state index contributed by atoms with van der Waals surface area (Å²) < 4.78 is 13.3. The van der Waals surface area contributed by atoms with Gasteiger partial charge in [0.15, 0.2) is 5.16 Å². The Labute approximate surface area is 231 Å². The highest BCUT2D eigenvalue weighted by Gasteiger charge is 2.26. The van der Waals surface area contributed by atoms with Crippen LogP contribution in [-0.2, 0) is 17.0 Å². The maximum atomic E-state index is 13.4. The zero-order chi connectivity index (χ0) is 28.0. The van der Waals surface area contributed by atoms with Gasteiger partial charge in [0.2, 0.25) is 0 Å². The lowest BCUT2D eigenvalue weighted by atomic mass is 9.88. The van der Waals surface area contributed by atoms with Gasteiger partial charge in [-0.15, -0.1) is 0 Å². The van der Waals surface area contributed by atoms with E-state index in [2.05, 4.69) is 21.9 Å². The van der Waals surface area contributed by atoms with E-state index in [9.17, 15) is 23.9 Å². The first kappa shape index (κ1) is 30.3. The first-order valence-electron chi connectivity index (χ1n) is 13.6. The summed E-state index contributed by atoms with van der Waals surface area (Å²) in [6.45, 7) is 2.21. The van der Waals surface area contributed by atoms with Crippen LogP contribution >= 0.6 is 11.8 Å². The Morgan fingerprint density at radius 2 is 1.69 bits per heavy atom. The van der Waals surface area contributed by atoms with Crippen LogP contribution in [0, 0.1) is 5.82 Å². The summed E-state index contributed by atoms with van der Waals surface area (Å²) in [6, 6.07) is 6.15. The molecule has 0 spiro atoms. The summed E-state index contributed by atoms with van der Waals surface area (Å²) in [6.07, 6.45) is 13.2. The first-order chi connectivity index (χ1) is 18.9. The van der Waals surface area contributed by atoms with Crippen LogP contribution < -0.4 is 11.2 Å². The van der Waals surface area contributed by atoms with Crippen LogP contribution in [0.1, 0.15) is 99.4 Å². The number of H-pyrrole nitrogens is 2. The number of carboxylic acid groups (broad SMARTS) is 1. The Morgan fingerprint density at radius 3 is 2.31 bits per heavy atom. The van der Waals surface area contributed by atoms with Crippen LogP contribution in [0.15, 0.2) is 51.4 Å². The monoisotopic (exact) mass is 556 g/mol. The number of aliphatic carboxylic acids is 1. The van der Waals surface area contributed by atoms with Gasteiger partial charge in [-0.05, 0) is 36.1 Å². The SMILES string of the molecule is CCCCCCCCCCCc1nc(SCc2ccc(F)cc2)[nH]c(=O)c1C(CC(=O)O)c1cnc(=O)[nH]c1. The molecule has 39 heavy (non-hydrogen) atoms. The summed E-state index contributed by atoms with van der Waals surface area (Å²) in [7, 11) is 0. The van der Waals surface area contributed by atoms with Gasteiger partial charge in [0.25, 0.3) is 5.56 Å². The highest BCUT2D eigenvalue weighted by atomic mass is 32.2. The average molecular weight is 557 g/mol. The van der Waals surface area contributed by atoms with Crippen LogP contribution in [0.5, 0.6) is 0 Å². The number of hydrogen-bond donors (Lipinski definition) is 3. The Kier molecular flexibility index (Phi) is 12.4. The predicted octanol–water partition coefficient (Wildman–Crippen LogP) is 5.96. The van der Waals surface area contributed by atoms with Crippen LogP contribution in [0.25, 0.3) is 0 Å². The lowest BCUT2D eigenvalue weighted by Crippen LogP contribution is -2.25. The zero-order valence-electron chi connectivity index (χ0n) is 22.4. The van der Waals surface area contributed by atoms with Crippen molar-refractivity contribution in [3.63, 3.8) is 0 Å². The summed E-state index contributed by atoms with van der Waals surface area (Å²) >= 11 is 1.33. The molecule has 210 valence electrons. The van der Waals surface area contributed by atoms with Crippen molar-refractivity contribution in [2.24, 2.45) is 0 Å². The molecular formula is C29H37FN4O4S. The number of rotatable bonds is 17. The van der Waals surface area contributed by atoms with Crippen molar-refractivity contribution in [2.75, 3.05) is 0 Å². The van der Waals surface area contributed by atoms with E-state index >= 15 is 0 Å². The number of nitrogens with one attached hydrogen (secondary N) is 2. The molecule has 0 bridgehead atoms. The average Bonchev–Trinajstić information content (AvgIpc) is 2.91. The molecule has 3 N–H and O–H groups in total. The third-order valence-electron chi connectivity index (χ3n) is 6.64. The molecule has 1 atom stereocenters. The molecule has 0 saturated heterocycles. The topological polar surface area (TPSA) is 129 Å². The number of hydrogen-bond acceptors (Lipinski definition) is 6. The third kappa shape index (κ3) is 10.1. The number of aromatic amines is 2. The van der Waals surface area contributed by atoms with Gasteiger partial charge in [-0.2, -0.15) is 0 Å². The highest BCUT2D eigenvalue weighted by Crippen LogP contribution is 2.29. The minimum atomic E-state index is -1.07. The van der Waals surface area contributed by atoms with Gasteiger partial charge in [-0.3, -0.25) is 9.59 Å². The van der Waals surface area contributed by atoms with Gasteiger partial charge >= 0.3 is 11.7 Å². The fourth-order valence-corrected chi connectivity index (χ4v) is 5.40. The Hall–Kier alpha value is -3.27. The molecule has 2 heterocycles. The molecule has 3 aromatic rings. The highest BCUT2D eigenvalue weighted by molar-refractivity contribution is 7.98. The van der Waals surface area contributed by atoms with Crippen molar-refractivity contribution in [1.82, 2.24) is 19.9 Å². The van der Waals surface area contributed by atoms with E-state index in [1.54, 1.807) is 12.1 Å². The summed E-state index contributed by atoms with van der Waals surface area (Å²) in [4.78, 5) is 50.4. The molecule has 0 aliphatic heterocycles. The lowest BCUT2D eigenvalue weighted by Gasteiger charge is -2.18. The van der Waals surface area contributed by atoms with Crippen LogP contribution in [0.2, 0.25) is 0 Å². The molecule has 0 aliphatic rings. The largest absolute Gasteiger partial charge is 0.481 e. The quantitative estimate of drug-likeness (QED) is 0.106. The van der Waals surface area contributed by atoms with Gasteiger partial charge in [0.1, 0.15) is 5.82 Å². The molecular weight excluding hydrogens is 519 g/mol. The molecule has 0 fully saturated rings. The lowest BCUT2D eigenvalue weighted by molar-refractivity contribution is -0.137. The van der Waals surface area contributed by atoms with E-state index < -0.39 is 23.1 Å². The van der Waals surface area contributed by atoms with Crippen molar-refractivity contribution in [3.05, 3.63) is 85.7 Å². The number of unbranched alkanes of at least 4 members (excludes halogenated alkanes) is 8. The van der Waals surface area contributed by atoms with Crippen molar-refractivity contribution in [3.8, 4) is 0 Å². The molecule has 1 aromatic carbocycles. The van der Waals surface area contributed by atoms with E-state index in [-0.39, 0.29) is 17.8 Å². The van der Waals surface area contributed by atoms with Crippen LogP contribution in [0.3, 0.4) is 0 Å². The molecule has 0 radical (unpaired) electrons. The number of aromatic nitrogens is 4. The van der Waals surface area contributed by atoms with E-state index in [0.717, 1.165) is 24.8 Å². The first-order valence-corrected chi connectivity index (χ1v) is 14.6. The third-order valence-corrected chi connectivity index (χ3v) is 7.59. The van der Waals surface area contributed by atoms with Gasteiger partial charge in [0.05, 0.1) is 12.1 Å². The Bertz CT molecular complexity index is 1290. The Morgan fingerprint density at radius 1 is 1.03 bits per heavy atom. The van der Waals surface area contributed by atoms with Gasteiger partial charge < -0.3 is 15.1 Å². The van der Waals surface area contributed by atoms with Gasteiger partial charge in [-0.25, -0.2) is 19.2 Å². The van der Waals surface area contributed by atoms with Crippen LogP contribution in [-0.4, -0.2) is 31.0 Å². The number of nitrogens with zero attached hydrogens (tertiary/aromatic N) is 2. The van der Waals surface area contributed by atoms with E-state index in [0.29, 0.717) is 28.6 Å². The molecule has 3 rings (SSSR count). The number of carboxylic acids is 1. The summed E-state index contributed by atoms with van der Waals surface area (Å²) in [5.74, 6) is -1.71. The fraction of sp³-hybridized carbons (Fsp3) is 0.483. The normalized spacial score (nSPS) is 11.9. The molecule has 1 unspecified atom stereocenters. The zero-order valence-corrected chi connectivity index (χ0v) is 23.2. The maximum absolute atomic E-state index is 13.4. The van der Waals surface area contributed by atoms with Gasteiger partial charge in [0, 0.05) is 29.6 Å². The van der Waals surface area contributed by atoms with Gasteiger partial charge in [-0.1, -0.05) is 82.2 Å². The number of halogens is 1. The molecule has 10 heteroatoms. The number of benzene rings is 1. The summed E-state index contributed by atoms with van der Waals surface area (Å²) in [5, 5.41) is 10.0.